The molecule has 18 heavy (non-hydrogen) atoms. The van der Waals surface area contributed by atoms with Gasteiger partial charge in [0.05, 0.1) is 16.8 Å². The fourth-order valence-corrected chi connectivity index (χ4v) is 1.75. The molecule has 0 saturated carbocycles. The quantitative estimate of drug-likeness (QED) is 0.452. The molecule has 1 fully saturated rings. The van der Waals surface area contributed by atoms with Gasteiger partial charge in [0.2, 0.25) is 5.95 Å². The van der Waals surface area contributed by atoms with Crippen LogP contribution in [0, 0.1) is 5.95 Å². The average Bonchev–Trinajstić information content (AvgIpc) is 2.47. The van der Waals surface area contributed by atoms with Gasteiger partial charge in [0.25, 0.3) is 0 Å². The van der Waals surface area contributed by atoms with Crippen molar-refractivity contribution in [3.63, 3.8) is 0 Å². The van der Waals surface area contributed by atoms with Gasteiger partial charge < -0.3 is 9.31 Å². The lowest BCUT2D eigenvalue weighted by Gasteiger charge is -2.32. The predicted molar refractivity (Wildman–Crippen MR) is 65.3 cm³/mol. The number of hydrogen-bond acceptors (Lipinski definition) is 4. The molecule has 0 amide bonds. The largest absolute Gasteiger partial charge is 0.495 e. The molecule has 0 radical (unpaired) electrons. The monoisotopic (exact) mass is 251 g/mol. The first-order valence-corrected chi connectivity index (χ1v) is 5.74. The van der Waals surface area contributed by atoms with E-state index in [4.69, 9.17) is 9.31 Å². The molecule has 2 rings (SSSR count). The Balaban J connectivity index is 2.41. The van der Waals surface area contributed by atoms with Gasteiger partial charge in [-0.05, 0) is 39.2 Å². The summed E-state index contributed by atoms with van der Waals surface area (Å²) in [7, 11) is -0.757. The van der Waals surface area contributed by atoms with Crippen LogP contribution in [-0.4, -0.2) is 29.6 Å². The third-order valence-electron chi connectivity index (χ3n) is 3.60. The number of aromatic nitrogens is 1. The molecule has 0 atom stereocenters. The molecule has 4 nitrogen and oxygen atoms in total. The van der Waals surface area contributed by atoms with E-state index in [1.807, 2.05) is 27.7 Å². The van der Waals surface area contributed by atoms with Crippen molar-refractivity contribution in [2.24, 2.45) is 0 Å². The van der Waals surface area contributed by atoms with Gasteiger partial charge in [-0.1, -0.05) is 0 Å². The van der Waals surface area contributed by atoms with Crippen LogP contribution in [0.2, 0.25) is 0 Å². The van der Waals surface area contributed by atoms with Gasteiger partial charge in [-0.15, -0.1) is 0 Å². The van der Waals surface area contributed by atoms with E-state index in [0.29, 0.717) is 11.7 Å². The molecule has 0 aromatic carbocycles. The molecule has 2 heterocycles. The molecule has 1 aliphatic heterocycles. The maximum atomic E-state index is 13.4. The van der Waals surface area contributed by atoms with Crippen LogP contribution >= 0.6 is 0 Å². The summed E-state index contributed by atoms with van der Waals surface area (Å²) >= 11 is 0. The van der Waals surface area contributed by atoms with Crippen LogP contribution < -0.4 is 5.46 Å². The van der Waals surface area contributed by atoms with Crippen molar-refractivity contribution < 1.29 is 18.5 Å². The predicted octanol–water partition coefficient (Wildman–Crippen LogP) is 1.33. The fourth-order valence-electron chi connectivity index (χ4n) is 1.75. The maximum Gasteiger partial charge on any atom is 0.495 e. The maximum absolute atomic E-state index is 13.4. The number of nitrogens with zero attached hydrogens (tertiary/aromatic N) is 1. The van der Waals surface area contributed by atoms with Gasteiger partial charge in [0.15, 0.2) is 6.29 Å². The van der Waals surface area contributed by atoms with Crippen molar-refractivity contribution >= 4 is 18.9 Å². The molecule has 1 aliphatic rings. The lowest BCUT2D eigenvalue weighted by Crippen LogP contribution is -2.41. The zero-order valence-corrected chi connectivity index (χ0v) is 10.9. The normalized spacial score (nSPS) is 21.1. The van der Waals surface area contributed by atoms with Gasteiger partial charge in [-0.3, -0.25) is 4.79 Å². The Morgan fingerprint density at radius 3 is 2.33 bits per heavy atom. The number of pyridine rings is 1. The highest BCUT2D eigenvalue weighted by atomic mass is 19.1. The number of carbonyl (C=O) groups excluding carboxylic acids is 1. The summed E-state index contributed by atoms with van der Waals surface area (Å²) in [6, 6.07) is 1.54. The molecule has 0 aliphatic carbocycles. The lowest BCUT2D eigenvalue weighted by molar-refractivity contribution is 0.00578. The Kier molecular flexibility index (Phi) is 3.03. The fraction of sp³-hybridized carbons (Fsp3) is 0.500. The Morgan fingerprint density at radius 1 is 1.28 bits per heavy atom. The molecule has 0 unspecified atom stereocenters. The zero-order valence-electron chi connectivity index (χ0n) is 10.9. The second kappa shape index (κ2) is 4.14. The number of halogens is 1. The second-order valence-corrected chi connectivity index (χ2v) is 5.31. The summed E-state index contributed by atoms with van der Waals surface area (Å²) in [6.45, 7) is 7.58. The van der Waals surface area contributed by atoms with Crippen LogP contribution in [0.25, 0.3) is 0 Å². The molecular formula is C12H15BFNO3. The number of aldehydes is 1. The Morgan fingerprint density at radius 2 is 1.83 bits per heavy atom. The van der Waals surface area contributed by atoms with Crippen molar-refractivity contribution in [2.45, 2.75) is 38.9 Å². The van der Waals surface area contributed by atoms with Gasteiger partial charge in [-0.2, -0.15) is 4.39 Å². The second-order valence-electron chi connectivity index (χ2n) is 5.31. The molecule has 1 saturated heterocycles. The third kappa shape index (κ3) is 1.95. The van der Waals surface area contributed by atoms with E-state index in [1.165, 1.54) is 12.3 Å². The standard InChI is InChI=1S/C12H15BFNO3/c1-11(2)12(3,4)18-13(17-11)9-5-6-15-10(14)8(9)7-16/h5-7H,1-4H3. The van der Waals surface area contributed by atoms with Gasteiger partial charge in [0, 0.05) is 6.20 Å². The van der Waals surface area contributed by atoms with Crippen LogP contribution in [0.4, 0.5) is 4.39 Å². The van der Waals surface area contributed by atoms with Crippen LogP contribution in [0.5, 0.6) is 0 Å². The summed E-state index contributed by atoms with van der Waals surface area (Å²) < 4.78 is 25.0. The van der Waals surface area contributed by atoms with Crippen molar-refractivity contribution in [3.8, 4) is 0 Å². The minimum absolute atomic E-state index is 0.115. The van der Waals surface area contributed by atoms with Crippen LogP contribution in [0.1, 0.15) is 38.1 Å². The summed E-state index contributed by atoms with van der Waals surface area (Å²) in [5, 5.41) is 0. The van der Waals surface area contributed by atoms with E-state index in [0.717, 1.165) is 0 Å². The summed E-state index contributed by atoms with van der Waals surface area (Å²) in [5.74, 6) is -0.808. The van der Waals surface area contributed by atoms with E-state index in [2.05, 4.69) is 4.98 Å². The lowest BCUT2D eigenvalue weighted by atomic mass is 9.77. The number of rotatable bonds is 2. The molecule has 1 aromatic heterocycles. The molecule has 96 valence electrons. The van der Waals surface area contributed by atoms with Crippen molar-refractivity contribution in [1.29, 1.82) is 0 Å². The SMILES string of the molecule is CC1(C)OB(c2ccnc(F)c2C=O)OC1(C)C. The van der Waals surface area contributed by atoms with E-state index < -0.39 is 24.3 Å². The highest BCUT2D eigenvalue weighted by Gasteiger charge is 2.52. The van der Waals surface area contributed by atoms with E-state index in [1.54, 1.807) is 0 Å². The highest BCUT2D eigenvalue weighted by molar-refractivity contribution is 6.63. The smallest absolute Gasteiger partial charge is 0.399 e. The highest BCUT2D eigenvalue weighted by Crippen LogP contribution is 2.36. The van der Waals surface area contributed by atoms with Crippen molar-refractivity contribution in [3.05, 3.63) is 23.8 Å². The van der Waals surface area contributed by atoms with E-state index in [9.17, 15) is 9.18 Å². The van der Waals surface area contributed by atoms with Crippen LogP contribution in [0.15, 0.2) is 12.3 Å². The third-order valence-corrected chi connectivity index (χ3v) is 3.60. The number of carbonyl (C=O) groups is 1. The molecular weight excluding hydrogens is 236 g/mol. The number of hydrogen-bond donors (Lipinski definition) is 0. The molecule has 6 heteroatoms. The summed E-state index contributed by atoms with van der Waals surface area (Å²) in [4.78, 5) is 14.4. The van der Waals surface area contributed by atoms with Crippen LogP contribution in [-0.2, 0) is 9.31 Å². The van der Waals surface area contributed by atoms with E-state index >= 15 is 0 Å². The topological polar surface area (TPSA) is 48.4 Å². The molecule has 1 aromatic rings. The first-order chi connectivity index (χ1) is 8.28. The summed E-state index contributed by atoms with van der Waals surface area (Å²) in [6.07, 6.45) is 1.73. The van der Waals surface area contributed by atoms with Gasteiger partial charge in [0.1, 0.15) is 0 Å². The minimum Gasteiger partial charge on any atom is -0.399 e. The zero-order chi connectivity index (χ0) is 13.6. The first-order valence-electron chi connectivity index (χ1n) is 5.74. The molecule has 0 N–H and O–H groups in total. The Hall–Kier alpha value is -1.27. The minimum atomic E-state index is -0.808. The summed E-state index contributed by atoms with van der Waals surface area (Å²) in [5.41, 5.74) is -0.804. The first kappa shape index (κ1) is 13.2. The van der Waals surface area contributed by atoms with E-state index in [-0.39, 0.29) is 5.56 Å². The van der Waals surface area contributed by atoms with Gasteiger partial charge >= 0.3 is 7.12 Å². The Bertz CT molecular complexity index is 474. The molecule has 0 spiro atoms. The van der Waals surface area contributed by atoms with Crippen LogP contribution in [0.3, 0.4) is 0 Å². The average molecular weight is 251 g/mol. The van der Waals surface area contributed by atoms with Crippen molar-refractivity contribution in [2.75, 3.05) is 0 Å². The van der Waals surface area contributed by atoms with Gasteiger partial charge in [-0.25, -0.2) is 4.98 Å². The van der Waals surface area contributed by atoms with Crippen molar-refractivity contribution in [1.82, 2.24) is 4.98 Å². The molecule has 0 bridgehead atoms. The Labute approximate surface area is 106 Å².